The van der Waals surface area contributed by atoms with Crippen molar-refractivity contribution in [1.82, 2.24) is 5.32 Å². The lowest BCUT2D eigenvalue weighted by Crippen LogP contribution is -2.47. The van der Waals surface area contributed by atoms with E-state index in [1.807, 2.05) is 13.8 Å². The number of carbonyl (C=O) groups is 1. The van der Waals surface area contributed by atoms with Gasteiger partial charge in [-0.05, 0) is 31.5 Å². The van der Waals surface area contributed by atoms with Crippen LogP contribution in [0.25, 0.3) is 0 Å². The molecule has 0 aromatic heterocycles. The van der Waals surface area contributed by atoms with E-state index < -0.39 is 5.54 Å². The Morgan fingerprint density at radius 2 is 2.17 bits per heavy atom. The second kappa shape index (κ2) is 6.30. The first-order valence-corrected chi connectivity index (χ1v) is 6.59. The van der Waals surface area contributed by atoms with Crippen LogP contribution in [0.15, 0.2) is 18.2 Å². The lowest BCUT2D eigenvalue weighted by molar-refractivity contribution is 0.0909. The first-order valence-electron chi connectivity index (χ1n) is 5.67. The fourth-order valence-electron chi connectivity index (χ4n) is 1.42. The average molecular weight is 290 g/mol. The highest BCUT2D eigenvalue weighted by atomic mass is 35.5. The van der Waals surface area contributed by atoms with Gasteiger partial charge >= 0.3 is 0 Å². The number of nitrogens with one attached hydrogen (secondary N) is 1. The van der Waals surface area contributed by atoms with Gasteiger partial charge in [-0.1, -0.05) is 18.5 Å². The van der Waals surface area contributed by atoms with Crippen molar-refractivity contribution < 1.29 is 9.53 Å². The van der Waals surface area contributed by atoms with Crippen LogP contribution in [-0.2, 0) is 0 Å². The van der Waals surface area contributed by atoms with Gasteiger partial charge in [0.25, 0.3) is 5.91 Å². The third-order valence-electron chi connectivity index (χ3n) is 2.90. The zero-order valence-electron chi connectivity index (χ0n) is 10.7. The number of halogens is 2. The summed E-state index contributed by atoms with van der Waals surface area (Å²) in [4.78, 5) is 12.2. The second-order valence-corrected chi connectivity index (χ2v) is 5.05. The molecular formula is C13H17Cl2NO2. The molecule has 1 amide bonds. The molecule has 1 atom stereocenters. The first-order chi connectivity index (χ1) is 8.45. The highest BCUT2D eigenvalue weighted by molar-refractivity contribution is 6.31. The number of carbonyl (C=O) groups excluding carboxylic acids is 1. The summed E-state index contributed by atoms with van der Waals surface area (Å²) in [6.45, 7) is 3.87. The Kier molecular flexibility index (Phi) is 5.29. The normalized spacial score (nSPS) is 13.8. The van der Waals surface area contributed by atoms with Gasteiger partial charge in [0.15, 0.2) is 0 Å². The summed E-state index contributed by atoms with van der Waals surface area (Å²) in [6, 6.07) is 4.93. The quantitative estimate of drug-likeness (QED) is 0.843. The van der Waals surface area contributed by atoms with Crippen molar-refractivity contribution in [3.63, 3.8) is 0 Å². The van der Waals surface area contributed by atoms with Crippen LogP contribution in [0.4, 0.5) is 0 Å². The van der Waals surface area contributed by atoms with Crippen molar-refractivity contribution in [3.05, 3.63) is 28.8 Å². The molecule has 5 heteroatoms. The molecule has 0 bridgehead atoms. The number of methoxy groups -OCH3 is 1. The molecule has 0 saturated carbocycles. The van der Waals surface area contributed by atoms with Gasteiger partial charge < -0.3 is 10.1 Å². The van der Waals surface area contributed by atoms with Crippen LogP contribution in [0.3, 0.4) is 0 Å². The standard InChI is InChI=1S/C13H17Cl2NO2/c1-4-13(2,8-14)16-12(17)10-7-9(15)5-6-11(10)18-3/h5-7H,4,8H2,1-3H3,(H,16,17). The summed E-state index contributed by atoms with van der Waals surface area (Å²) in [5.41, 5.74) is -0.0267. The number of rotatable bonds is 5. The molecule has 3 nitrogen and oxygen atoms in total. The molecule has 0 aliphatic rings. The highest BCUT2D eigenvalue weighted by Crippen LogP contribution is 2.23. The summed E-state index contributed by atoms with van der Waals surface area (Å²) in [6.07, 6.45) is 0.741. The van der Waals surface area contributed by atoms with Crippen molar-refractivity contribution in [2.24, 2.45) is 0 Å². The molecule has 0 aliphatic carbocycles. The number of benzene rings is 1. The number of hydrogen-bond donors (Lipinski definition) is 1. The summed E-state index contributed by atoms with van der Waals surface area (Å²) in [7, 11) is 1.51. The van der Waals surface area contributed by atoms with Crippen LogP contribution in [0.5, 0.6) is 5.75 Å². The van der Waals surface area contributed by atoms with Gasteiger partial charge in [0.2, 0.25) is 0 Å². The lowest BCUT2D eigenvalue weighted by atomic mass is 10.0. The molecule has 0 fully saturated rings. The van der Waals surface area contributed by atoms with Crippen molar-refractivity contribution >= 4 is 29.1 Å². The van der Waals surface area contributed by atoms with Gasteiger partial charge in [-0.3, -0.25) is 4.79 Å². The smallest absolute Gasteiger partial charge is 0.255 e. The van der Waals surface area contributed by atoms with Gasteiger partial charge in [0.1, 0.15) is 5.75 Å². The van der Waals surface area contributed by atoms with Crippen LogP contribution < -0.4 is 10.1 Å². The van der Waals surface area contributed by atoms with E-state index in [1.54, 1.807) is 18.2 Å². The minimum atomic E-state index is -0.439. The Balaban J connectivity index is 3.00. The van der Waals surface area contributed by atoms with Crippen LogP contribution in [0.2, 0.25) is 5.02 Å². The molecule has 0 radical (unpaired) electrons. The fourth-order valence-corrected chi connectivity index (χ4v) is 1.84. The maximum atomic E-state index is 12.2. The summed E-state index contributed by atoms with van der Waals surface area (Å²) < 4.78 is 5.15. The Labute approximate surface area is 117 Å². The molecular weight excluding hydrogens is 273 g/mol. The molecule has 0 spiro atoms. The van der Waals surface area contributed by atoms with Gasteiger partial charge in [0.05, 0.1) is 18.2 Å². The first kappa shape index (κ1) is 15.1. The van der Waals surface area contributed by atoms with Crippen LogP contribution in [0.1, 0.15) is 30.6 Å². The molecule has 0 saturated heterocycles. The number of alkyl halides is 1. The maximum absolute atomic E-state index is 12.2. The second-order valence-electron chi connectivity index (χ2n) is 4.35. The molecule has 1 N–H and O–H groups in total. The minimum absolute atomic E-state index is 0.237. The summed E-state index contributed by atoms with van der Waals surface area (Å²) in [5.74, 6) is 0.599. The van der Waals surface area contributed by atoms with E-state index in [0.717, 1.165) is 6.42 Å². The molecule has 1 aromatic rings. The molecule has 1 rings (SSSR count). The summed E-state index contributed by atoms with van der Waals surface area (Å²) >= 11 is 11.8. The number of amides is 1. The number of hydrogen-bond acceptors (Lipinski definition) is 2. The molecule has 100 valence electrons. The lowest BCUT2D eigenvalue weighted by Gasteiger charge is -2.27. The van der Waals surface area contributed by atoms with Crippen molar-refractivity contribution in [2.45, 2.75) is 25.8 Å². The van der Waals surface area contributed by atoms with Crippen molar-refractivity contribution in [1.29, 1.82) is 0 Å². The van der Waals surface area contributed by atoms with Gasteiger partial charge in [-0.15, -0.1) is 11.6 Å². The zero-order valence-corrected chi connectivity index (χ0v) is 12.2. The van der Waals surface area contributed by atoms with Crippen molar-refractivity contribution in [2.75, 3.05) is 13.0 Å². The minimum Gasteiger partial charge on any atom is -0.496 e. The zero-order chi connectivity index (χ0) is 13.8. The van der Waals surface area contributed by atoms with Crippen LogP contribution >= 0.6 is 23.2 Å². The topological polar surface area (TPSA) is 38.3 Å². The monoisotopic (exact) mass is 289 g/mol. The molecule has 0 heterocycles. The Bertz CT molecular complexity index is 431. The van der Waals surface area contributed by atoms with Crippen LogP contribution in [0, 0.1) is 0 Å². The van der Waals surface area contributed by atoms with Gasteiger partial charge in [-0.25, -0.2) is 0 Å². The fraction of sp³-hybridized carbons (Fsp3) is 0.462. The predicted molar refractivity (Wildman–Crippen MR) is 74.9 cm³/mol. The van der Waals surface area contributed by atoms with Gasteiger partial charge in [-0.2, -0.15) is 0 Å². The van der Waals surface area contributed by atoms with E-state index in [1.165, 1.54) is 7.11 Å². The van der Waals surface area contributed by atoms with E-state index in [-0.39, 0.29) is 5.91 Å². The number of ether oxygens (including phenoxy) is 1. The van der Waals surface area contributed by atoms with E-state index in [2.05, 4.69) is 5.32 Å². The average Bonchev–Trinajstić information content (AvgIpc) is 2.38. The molecule has 1 unspecified atom stereocenters. The molecule has 0 aliphatic heterocycles. The maximum Gasteiger partial charge on any atom is 0.255 e. The molecule has 1 aromatic carbocycles. The predicted octanol–water partition coefficient (Wildman–Crippen LogP) is 3.49. The molecule has 18 heavy (non-hydrogen) atoms. The van der Waals surface area contributed by atoms with E-state index in [0.29, 0.717) is 22.2 Å². The Morgan fingerprint density at radius 1 is 1.50 bits per heavy atom. The third kappa shape index (κ3) is 3.53. The largest absolute Gasteiger partial charge is 0.496 e. The van der Waals surface area contributed by atoms with E-state index in [4.69, 9.17) is 27.9 Å². The Hall–Kier alpha value is -0.930. The highest BCUT2D eigenvalue weighted by Gasteiger charge is 2.25. The van der Waals surface area contributed by atoms with E-state index >= 15 is 0 Å². The Morgan fingerprint density at radius 3 is 2.67 bits per heavy atom. The van der Waals surface area contributed by atoms with Crippen LogP contribution in [-0.4, -0.2) is 24.4 Å². The third-order valence-corrected chi connectivity index (χ3v) is 3.72. The van der Waals surface area contributed by atoms with Crippen molar-refractivity contribution in [3.8, 4) is 5.75 Å². The summed E-state index contributed by atoms with van der Waals surface area (Å²) in [5, 5.41) is 3.39. The van der Waals surface area contributed by atoms with E-state index in [9.17, 15) is 4.79 Å². The SMILES string of the molecule is CCC(C)(CCl)NC(=O)c1cc(Cl)ccc1OC. The van der Waals surface area contributed by atoms with Gasteiger partial charge in [0, 0.05) is 10.9 Å².